The molecule has 4 aromatic rings. The SMILES string of the molecule is CN(C)c1ccc(-c2nc3c(c(=O)[nH]c(=O)n3Cc3ccccc3)n2C)cc1. The van der Waals surface area contributed by atoms with Gasteiger partial charge in [-0.2, -0.15) is 0 Å². The molecule has 0 atom stereocenters. The smallest absolute Gasteiger partial charge is 0.330 e. The summed E-state index contributed by atoms with van der Waals surface area (Å²) in [5.41, 5.74) is 2.77. The summed E-state index contributed by atoms with van der Waals surface area (Å²) >= 11 is 0. The third-order valence-electron chi connectivity index (χ3n) is 4.84. The molecule has 7 nitrogen and oxygen atoms in total. The highest BCUT2D eigenvalue weighted by Gasteiger charge is 2.17. The maximum absolute atomic E-state index is 12.5. The number of nitrogens with one attached hydrogen (secondary N) is 1. The van der Waals surface area contributed by atoms with Crippen molar-refractivity contribution in [3.63, 3.8) is 0 Å². The predicted octanol–water partition coefficient (Wildman–Crippen LogP) is 2.20. The van der Waals surface area contributed by atoms with Crippen molar-refractivity contribution >= 4 is 16.9 Å². The topological polar surface area (TPSA) is 75.9 Å². The van der Waals surface area contributed by atoms with E-state index in [0.717, 1.165) is 16.8 Å². The zero-order chi connectivity index (χ0) is 19.8. The Balaban J connectivity index is 1.90. The van der Waals surface area contributed by atoms with Gasteiger partial charge in [-0.3, -0.25) is 14.3 Å². The minimum Gasteiger partial charge on any atom is -0.378 e. The molecule has 1 N–H and O–H groups in total. The van der Waals surface area contributed by atoms with E-state index in [0.29, 0.717) is 23.5 Å². The summed E-state index contributed by atoms with van der Waals surface area (Å²) in [6.45, 7) is 0.336. The number of aromatic amines is 1. The molecule has 0 aliphatic heterocycles. The molecule has 142 valence electrons. The predicted molar refractivity (Wildman–Crippen MR) is 111 cm³/mol. The third-order valence-corrected chi connectivity index (χ3v) is 4.84. The van der Waals surface area contributed by atoms with E-state index in [1.807, 2.05) is 73.6 Å². The fourth-order valence-electron chi connectivity index (χ4n) is 3.33. The molecule has 0 bridgehead atoms. The van der Waals surface area contributed by atoms with E-state index in [1.54, 1.807) is 11.6 Å². The van der Waals surface area contributed by atoms with Crippen LogP contribution in [0.2, 0.25) is 0 Å². The quantitative estimate of drug-likeness (QED) is 0.593. The average Bonchev–Trinajstić information content (AvgIpc) is 3.03. The van der Waals surface area contributed by atoms with Gasteiger partial charge >= 0.3 is 5.69 Å². The second-order valence-electron chi connectivity index (χ2n) is 6.94. The van der Waals surface area contributed by atoms with Crippen LogP contribution in [0.25, 0.3) is 22.6 Å². The summed E-state index contributed by atoms with van der Waals surface area (Å²) < 4.78 is 3.24. The average molecular weight is 375 g/mol. The Hall–Kier alpha value is -3.61. The van der Waals surface area contributed by atoms with Crippen LogP contribution in [0.4, 0.5) is 5.69 Å². The minimum atomic E-state index is -0.464. The highest BCUT2D eigenvalue weighted by molar-refractivity contribution is 5.77. The van der Waals surface area contributed by atoms with Crippen molar-refractivity contribution in [2.75, 3.05) is 19.0 Å². The molecule has 2 aromatic heterocycles. The number of fused-ring (bicyclic) bond motifs is 1. The number of anilines is 1. The fraction of sp³-hybridized carbons (Fsp3) is 0.190. The summed E-state index contributed by atoms with van der Waals surface area (Å²) in [7, 11) is 5.74. The first-order valence-electron chi connectivity index (χ1n) is 8.97. The fourth-order valence-corrected chi connectivity index (χ4v) is 3.33. The molecule has 0 aliphatic rings. The van der Waals surface area contributed by atoms with Crippen LogP contribution in [-0.4, -0.2) is 33.2 Å². The Morgan fingerprint density at radius 3 is 2.32 bits per heavy atom. The lowest BCUT2D eigenvalue weighted by Crippen LogP contribution is -2.31. The van der Waals surface area contributed by atoms with Gasteiger partial charge in [0.15, 0.2) is 11.2 Å². The Morgan fingerprint density at radius 1 is 1.00 bits per heavy atom. The molecule has 0 saturated carbocycles. The summed E-state index contributed by atoms with van der Waals surface area (Å²) in [6.07, 6.45) is 0. The Kier molecular flexibility index (Phi) is 4.35. The van der Waals surface area contributed by atoms with Crippen LogP contribution in [0.1, 0.15) is 5.56 Å². The maximum Gasteiger partial charge on any atom is 0.330 e. The van der Waals surface area contributed by atoms with Crippen molar-refractivity contribution in [1.29, 1.82) is 0 Å². The number of rotatable bonds is 4. The summed E-state index contributed by atoms with van der Waals surface area (Å²) in [4.78, 5) is 34.1. The Morgan fingerprint density at radius 2 is 1.68 bits per heavy atom. The van der Waals surface area contributed by atoms with Crippen LogP contribution in [0.15, 0.2) is 64.2 Å². The highest BCUT2D eigenvalue weighted by atomic mass is 16.2. The van der Waals surface area contributed by atoms with Gasteiger partial charge in [0.05, 0.1) is 6.54 Å². The van der Waals surface area contributed by atoms with E-state index in [1.165, 1.54) is 4.57 Å². The van der Waals surface area contributed by atoms with E-state index in [9.17, 15) is 9.59 Å². The van der Waals surface area contributed by atoms with Gasteiger partial charge in [0, 0.05) is 32.4 Å². The second kappa shape index (κ2) is 6.84. The summed E-state index contributed by atoms with van der Waals surface area (Å²) in [6, 6.07) is 17.5. The number of hydrogen-bond donors (Lipinski definition) is 1. The maximum atomic E-state index is 12.5. The van der Waals surface area contributed by atoms with Crippen LogP contribution in [-0.2, 0) is 13.6 Å². The zero-order valence-electron chi connectivity index (χ0n) is 16.0. The van der Waals surface area contributed by atoms with Gasteiger partial charge in [-0.1, -0.05) is 30.3 Å². The van der Waals surface area contributed by atoms with Crippen molar-refractivity contribution in [2.45, 2.75) is 6.54 Å². The number of hydrogen-bond acceptors (Lipinski definition) is 4. The van der Waals surface area contributed by atoms with Crippen LogP contribution >= 0.6 is 0 Å². The normalized spacial score (nSPS) is 11.1. The molecule has 0 saturated heterocycles. The number of aryl methyl sites for hydroxylation is 1. The van der Waals surface area contributed by atoms with Gasteiger partial charge in [-0.05, 0) is 29.8 Å². The molecular formula is C21H21N5O2. The highest BCUT2D eigenvalue weighted by Crippen LogP contribution is 2.24. The van der Waals surface area contributed by atoms with Crippen LogP contribution < -0.4 is 16.1 Å². The lowest BCUT2D eigenvalue weighted by Gasteiger charge is -2.12. The molecule has 28 heavy (non-hydrogen) atoms. The molecule has 0 unspecified atom stereocenters. The number of imidazole rings is 1. The lowest BCUT2D eigenvalue weighted by atomic mass is 10.2. The second-order valence-corrected chi connectivity index (χ2v) is 6.94. The van der Waals surface area contributed by atoms with Gasteiger partial charge < -0.3 is 9.47 Å². The molecule has 0 amide bonds. The zero-order valence-corrected chi connectivity index (χ0v) is 16.0. The standard InChI is InChI=1S/C21H21N5O2/c1-24(2)16-11-9-15(10-12-16)18-22-19-17(25(18)3)20(27)23-21(28)26(19)13-14-7-5-4-6-8-14/h4-12H,13H2,1-3H3,(H,23,27,28). The van der Waals surface area contributed by atoms with Crippen molar-refractivity contribution in [3.8, 4) is 11.4 Å². The van der Waals surface area contributed by atoms with Crippen LogP contribution in [0, 0.1) is 0 Å². The largest absolute Gasteiger partial charge is 0.378 e. The van der Waals surface area contributed by atoms with Crippen molar-refractivity contribution < 1.29 is 0 Å². The van der Waals surface area contributed by atoms with Gasteiger partial charge in [0.1, 0.15) is 5.82 Å². The first kappa shape index (κ1) is 17.8. The third kappa shape index (κ3) is 3.00. The first-order chi connectivity index (χ1) is 13.5. The van der Waals surface area contributed by atoms with Gasteiger partial charge in [0.2, 0.25) is 0 Å². The van der Waals surface area contributed by atoms with Crippen molar-refractivity contribution in [2.24, 2.45) is 7.05 Å². The first-order valence-corrected chi connectivity index (χ1v) is 8.97. The van der Waals surface area contributed by atoms with Crippen LogP contribution in [0.5, 0.6) is 0 Å². The summed E-state index contributed by atoms with van der Waals surface area (Å²) in [5.74, 6) is 0.637. The molecule has 4 rings (SSSR count). The van der Waals surface area contributed by atoms with Crippen molar-refractivity contribution in [1.82, 2.24) is 19.1 Å². The molecule has 0 fully saturated rings. The molecule has 0 radical (unpaired) electrons. The minimum absolute atomic E-state index is 0.336. The molecular weight excluding hydrogens is 354 g/mol. The van der Waals surface area contributed by atoms with E-state index < -0.39 is 11.2 Å². The number of nitrogens with zero attached hydrogens (tertiary/aromatic N) is 4. The number of aromatic nitrogens is 4. The molecule has 0 spiro atoms. The van der Waals surface area contributed by atoms with E-state index in [2.05, 4.69) is 9.97 Å². The van der Waals surface area contributed by atoms with Gasteiger partial charge in [0.25, 0.3) is 5.56 Å². The van der Waals surface area contributed by atoms with Crippen LogP contribution in [0.3, 0.4) is 0 Å². The van der Waals surface area contributed by atoms with E-state index in [-0.39, 0.29) is 0 Å². The molecule has 0 aliphatic carbocycles. The monoisotopic (exact) mass is 375 g/mol. The van der Waals surface area contributed by atoms with E-state index >= 15 is 0 Å². The summed E-state index contributed by atoms with van der Waals surface area (Å²) in [5, 5.41) is 0. The Bertz CT molecular complexity index is 1250. The van der Waals surface area contributed by atoms with Crippen molar-refractivity contribution in [3.05, 3.63) is 81.0 Å². The van der Waals surface area contributed by atoms with E-state index in [4.69, 9.17) is 0 Å². The Labute approximate surface area is 161 Å². The number of benzene rings is 2. The van der Waals surface area contributed by atoms with Gasteiger partial charge in [-0.25, -0.2) is 9.78 Å². The molecule has 7 heteroatoms. The van der Waals surface area contributed by atoms with Gasteiger partial charge in [-0.15, -0.1) is 0 Å². The molecule has 2 aromatic carbocycles. The number of H-pyrrole nitrogens is 1. The lowest BCUT2D eigenvalue weighted by molar-refractivity contribution is 0.747. The molecule has 2 heterocycles.